The highest BCUT2D eigenvalue weighted by molar-refractivity contribution is 7.80. The number of halogens is 2. The lowest BCUT2D eigenvalue weighted by Crippen LogP contribution is -2.12. The van der Waals surface area contributed by atoms with Crippen molar-refractivity contribution in [3.05, 3.63) is 51.2 Å². The molecule has 1 heterocycles. The van der Waals surface area contributed by atoms with Gasteiger partial charge >= 0.3 is 0 Å². The summed E-state index contributed by atoms with van der Waals surface area (Å²) in [5, 5.41) is 2.75. The Bertz CT molecular complexity index is 600. The van der Waals surface area contributed by atoms with Gasteiger partial charge in [-0.15, -0.1) is 11.3 Å². The molecule has 0 unspecified atom stereocenters. The molecule has 0 saturated heterocycles. The first-order valence-electron chi connectivity index (χ1n) is 5.55. The first kappa shape index (κ1) is 13.9. The van der Waals surface area contributed by atoms with Crippen molar-refractivity contribution in [2.75, 3.05) is 5.32 Å². The van der Waals surface area contributed by atoms with E-state index in [1.54, 1.807) is 11.3 Å². The van der Waals surface area contributed by atoms with Crippen LogP contribution in [0.4, 0.5) is 14.5 Å². The third-order valence-electron chi connectivity index (χ3n) is 2.56. The fourth-order valence-corrected chi connectivity index (χ4v) is 2.59. The third-order valence-corrected chi connectivity index (χ3v) is 3.80. The van der Waals surface area contributed by atoms with Gasteiger partial charge in [0, 0.05) is 21.9 Å². The molecule has 0 bridgehead atoms. The Balaban J connectivity index is 2.18. The summed E-state index contributed by atoms with van der Waals surface area (Å²) in [5.74, 6) is -1.40. The van der Waals surface area contributed by atoms with Crippen molar-refractivity contribution >= 4 is 34.2 Å². The van der Waals surface area contributed by atoms with Crippen LogP contribution in [0.5, 0.6) is 0 Å². The minimum Gasteiger partial charge on any atom is -0.389 e. The minimum absolute atomic E-state index is 0.0294. The van der Waals surface area contributed by atoms with E-state index in [4.69, 9.17) is 18.0 Å². The SMILES string of the molecule is Cc1ccc(CNc2c(F)cc(C(N)=S)cc2F)s1. The molecule has 2 nitrogen and oxygen atoms in total. The van der Waals surface area contributed by atoms with Crippen molar-refractivity contribution in [3.8, 4) is 0 Å². The van der Waals surface area contributed by atoms with Crippen molar-refractivity contribution < 1.29 is 8.78 Å². The van der Waals surface area contributed by atoms with Crippen LogP contribution >= 0.6 is 23.6 Å². The van der Waals surface area contributed by atoms with Crippen molar-refractivity contribution in [2.45, 2.75) is 13.5 Å². The number of hydrogen-bond acceptors (Lipinski definition) is 3. The molecular formula is C13H12F2N2S2. The van der Waals surface area contributed by atoms with Gasteiger partial charge in [0.25, 0.3) is 0 Å². The Morgan fingerprint density at radius 3 is 2.42 bits per heavy atom. The van der Waals surface area contributed by atoms with Crippen molar-refractivity contribution in [2.24, 2.45) is 5.73 Å². The van der Waals surface area contributed by atoms with Gasteiger partial charge in [-0.1, -0.05) is 12.2 Å². The number of nitrogens with two attached hydrogens (primary N) is 1. The van der Waals surface area contributed by atoms with Gasteiger partial charge in [0.1, 0.15) is 22.3 Å². The van der Waals surface area contributed by atoms with Crippen LogP contribution in [0.25, 0.3) is 0 Å². The summed E-state index contributed by atoms with van der Waals surface area (Å²) in [6.45, 7) is 2.35. The zero-order valence-electron chi connectivity index (χ0n) is 10.2. The quantitative estimate of drug-likeness (QED) is 0.847. The number of rotatable bonds is 4. The molecule has 100 valence electrons. The van der Waals surface area contributed by atoms with Crippen LogP contribution in [0, 0.1) is 18.6 Å². The number of hydrogen-bond donors (Lipinski definition) is 2. The summed E-state index contributed by atoms with van der Waals surface area (Å²) >= 11 is 6.27. The largest absolute Gasteiger partial charge is 0.389 e. The van der Waals surface area contributed by atoms with Gasteiger partial charge in [-0.05, 0) is 31.2 Å². The highest BCUT2D eigenvalue weighted by Gasteiger charge is 2.12. The normalized spacial score (nSPS) is 10.5. The molecule has 0 fully saturated rings. The van der Waals surface area contributed by atoms with Gasteiger partial charge in [0.2, 0.25) is 0 Å². The van der Waals surface area contributed by atoms with Crippen molar-refractivity contribution in [3.63, 3.8) is 0 Å². The second-order valence-electron chi connectivity index (χ2n) is 4.05. The zero-order valence-corrected chi connectivity index (χ0v) is 11.8. The topological polar surface area (TPSA) is 38.0 Å². The van der Waals surface area contributed by atoms with E-state index in [2.05, 4.69) is 5.32 Å². The molecule has 0 aliphatic carbocycles. The summed E-state index contributed by atoms with van der Waals surface area (Å²) in [5.41, 5.74) is 5.37. The maximum absolute atomic E-state index is 13.8. The Morgan fingerprint density at radius 1 is 1.32 bits per heavy atom. The molecule has 0 radical (unpaired) electrons. The van der Waals surface area contributed by atoms with Gasteiger partial charge in [0.15, 0.2) is 0 Å². The predicted molar refractivity (Wildman–Crippen MR) is 78.6 cm³/mol. The van der Waals surface area contributed by atoms with Gasteiger partial charge in [-0.3, -0.25) is 0 Å². The fourth-order valence-electron chi connectivity index (χ4n) is 1.64. The smallest absolute Gasteiger partial charge is 0.150 e. The van der Waals surface area contributed by atoms with Crippen LogP contribution < -0.4 is 11.1 Å². The Labute approximate surface area is 119 Å². The Kier molecular flexibility index (Phi) is 4.11. The second kappa shape index (κ2) is 5.63. The van der Waals surface area contributed by atoms with E-state index in [0.717, 1.165) is 21.9 Å². The van der Waals surface area contributed by atoms with E-state index in [9.17, 15) is 8.78 Å². The van der Waals surface area contributed by atoms with Crippen LogP contribution in [0.15, 0.2) is 24.3 Å². The lowest BCUT2D eigenvalue weighted by Gasteiger charge is -2.09. The summed E-state index contributed by atoms with van der Waals surface area (Å²) in [4.78, 5) is 2.13. The number of thiophene rings is 1. The van der Waals surface area contributed by atoms with Crippen LogP contribution in [0.2, 0.25) is 0 Å². The highest BCUT2D eigenvalue weighted by Crippen LogP contribution is 2.23. The van der Waals surface area contributed by atoms with E-state index in [0.29, 0.717) is 6.54 Å². The summed E-state index contributed by atoms with van der Waals surface area (Å²) in [7, 11) is 0. The number of benzene rings is 1. The average molecular weight is 298 g/mol. The first-order chi connectivity index (χ1) is 8.97. The lowest BCUT2D eigenvalue weighted by atomic mass is 10.2. The number of thiocarbonyl (C=S) groups is 1. The number of anilines is 1. The zero-order chi connectivity index (χ0) is 14.0. The Hall–Kier alpha value is -1.53. The van der Waals surface area contributed by atoms with Crippen LogP contribution in [-0.2, 0) is 6.54 Å². The van der Waals surface area contributed by atoms with Crippen LogP contribution in [-0.4, -0.2) is 4.99 Å². The molecule has 0 spiro atoms. The van der Waals surface area contributed by atoms with Gasteiger partial charge < -0.3 is 11.1 Å². The van der Waals surface area contributed by atoms with Crippen molar-refractivity contribution in [1.29, 1.82) is 0 Å². The van der Waals surface area contributed by atoms with E-state index in [-0.39, 0.29) is 16.2 Å². The number of nitrogens with one attached hydrogen (secondary N) is 1. The molecule has 6 heteroatoms. The molecule has 1 aromatic heterocycles. The predicted octanol–water partition coefficient (Wildman–Crippen LogP) is 3.58. The van der Waals surface area contributed by atoms with Gasteiger partial charge in [-0.2, -0.15) is 0 Å². The minimum atomic E-state index is -0.698. The first-order valence-corrected chi connectivity index (χ1v) is 6.78. The lowest BCUT2D eigenvalue weighted by molar-refractivity contribution is 0.587. The third kappa shape index (κ3) is 3.27. The molecular weight excluding hydrogens is 286 g/mol. The molecule has 3 N–H and O–H groups in total. The summed E-state index contributed by atoms with van der Waals surface area (Å²) in [6, 6.07) is 6.15. The van der Waals surface area contributed by atoms with E-state index >= 15 is 0 Å². The molecule has 0 saturated carbocycles. The molecule has 19 heavy (non-hydrogen) atoms. The van der Waals surface area contributed by atoms with E-state index in [1.807, 2.05) is 19.1 Å². The second-order valence-corrected chi connectivity index (χ2v) is 5.86. The standard InChI is InChI=1S/C13H12F2N2S2/c1-7-2-3-9(19-7)6-17-12-10(14)4-8(13(16)18)5-11(12)15/h2-5,17H,6H2,1H3,(H2,16,18). The molecule has 0 atom stereocenters. The maximum Gasteiger partial charge on any atom is 0.150 e. The number of aryl methyl sites for hydroxylation is 1. The molecule has 2 aromatic rings. The van der Waals surface area contributed by atoms with E-state index in [1.165, 1.54) is 0 Å². The molecule has 2 rings (SSSR count). The molecule has 0 aliphatic heterocycles. The van der Waals surface area contributed by atoms with Crippen LogP contribution in [0.1, 0.15) is 15.3 Å². The van der Waals surface area contributed by atoms with Crippen LogP contribution in [0.3, 0.4) is 0 Å². The highest BCUT2D eigenvalue weighted by atomic mass is 32.1. The monoisotopic (exact) mass is 298 g/mol. The maximum atomic E-state index is 13.8. The van der Waals surface area contributed by atoms with Gasteiger partial charge in [-0.25, -0.2) is 8.78 Å². The molecule has 0 aliphatic rings. The van der Waals surface area contributed by atoms with Gasteiger partial charge in [0.05, 0.1) is 0 Å². The Morgan fingerprint density at radius 2 is 1.95 bits per heavy atom. The summed E-state index contributed by atoms with van der Waals surface area (Å²) < 4.78 is 27.5. The molecule has 1 aromatic carbocycles. The fraction of sp³-hybridized carbons (Fsp3) is 0.154. The van der Waals surface area contributed by atoms with E-state index < -0.39 is 11.6 Å². The average Bonchev–Trinajstić information content (AvgIpc) is 2.73. The summed E-state index contributed by atoms with van der Waals surface area (Å²) in [6.07, 6.45) is 0. The van der Waals surface area contributed by atoms with Crippen molar-refractivity contribution in [1.82, 2.24) is 0 Å². The molecule has 0 amide bonds.